The zero-order valence-corrected chi connectivity index (χ0v) is 15.4. The van der Waals surface area contributed by atoms with Gasteiger partial charge in [0.15, 0.2) is 0 Å². The lowest BCUT2D eigenvalue weighted by atomic mass is 10.3. The standard InChI is InChI=1S/C15H17N3O5S2/c1-9-10(3-5-22-9)13-16-17-15(23-13)25-8-12(19)18-4-6-24-11(7-18)14(20)21-2/h3,5,11H,4,6-8H2,1-2H3/t11-/m0/s1. The second kappa shape index (κ2) is 7.96. The van der Waals surface area contributed by atoms with E-state index in [4.69, 9.17) is 13.6 Å². The third-order valence-electron chi connectivity index (χ3n) is 3.70. The van der Waals surface area contributed by atoms with Gasteiger partial charge in [-0.1, -0.05) is 11.8 Å². The Morgan fingerprint density at radius 2 is 2.32 bits per heavy atom. The van der Waals surface area contributed by atoms with Crippen molar-refractivity contribution in [1.82, 2.24) is 15.1 Å². The molecule has 0 aromatic carbocycles. The lowest BCUT2D eigenvalue weighted by molar-refractivity contribution is -0.141. The van der Waals surface area contributed by atoms with Crippen molar-refractivity contribution in [2.24, 2.45) is 0 Å². The normalized spacial score (nSPS) is 17.5. The van der Waals surface area contributed by atoms with E-state index >= 15 is 0 Å². The molecule has 0 saturated carbocycles. The number of nitrogens with zero attached hydrogens (tertiary/aromatic N) is 3. The Balaban J connectivity index is 1.55. The minimum atomic E-state index is -0.327. The number of hydrogen-bond donors (Lipinski definition) is 0. The number of thioether (sulfide) groups is 2. The quantitative estimate of drug-likeness (QED) is 0.566. The number of carbonyl (C=O) groups is 2. The van der Waals surface area contributed by atoms with E-state index in [1.807, 2.05) is 6.92 Å². The van der Waals surface area contributed by atoms with Crippen LogP contribution in [0.4, 0.5) is 0 Å². The average Bonchev–Trinajstić information content (AvgIpc) is 3.27. The van der Waals surface area contributed by atoms with Crippen LogP contribution in [-0.4, -0.2) is 63.9 Å². The number of ether oxygens (including phenoxy) is 1. The van der Waals surface area contributed by atoms with E-state index in [-0.39, 0.29) is 22.9 Å². The summed E-state index contributed by atoms with van der Waals surface area (Å²) >= 11 is 2.69. The van der Waals surface area contributed by atoms with E-state index in [0.717, 1.165) is 5.56 Å². The molecule has 25 heavy (non-hydrogen) atoms. The first kappa shape index (κ1) is 17.9. The Morgan fingerprint density at radius 3 is 3.04 bits per heavy atom. The maximum absolute atomic E-state index is 12.4. The summed E-state index contributed by atoms with van der Waals surface area (Å²) < 4.78 is 15.5. The van der Waals surface area contributed by atoms with Gasteiger partial charge in [0.25, 0.3) is 11.1 Å². The van der Waals surface area contributed by atoms with Crippen molar-refractivity contribution in [3.8, 4) is 11.5 Å². The molecule has 3 rings (SSSR count). The molecule has 1 fully saturated rings. The van der Waals surface area contributed by atoms with Crippen LogP contribution in [0.5, 0.6) is 0 Å². The molecule has 134 valence electrons. The van der Waals surface area contributed by atoms with E-state index < -0.39 is 0 Å². The third kappa shape index (κ3) is 4.18. The number of rotatable bonds is 5. The molecule has 0 N–H and O–H groups in total. The summed E-state index contributed by atoms with van der Waals surface area (Å²) in [6, 6.07) is 1.75. The van der Waals surface area contributed by atoms with E-state index in [1.54, 1.807) is 17.2 Å². The first-order valence-corrected chi connectivity index (χ1v) is 9.60. The van der Waals surface area contributed by atoms with Crippen LogP contribution in [-0.2, 0) is 14.3 Å². The number of methoxy groups -OCH3 is 1. The zero-order chi connectivity index (χ0) is 17.8. The van der Waals surface area contributed by atoms with Gasteiger partial charge in [-0.2, -0.15) is 0 Å². The summed E-state index contributed by atoms with van der Waals surface area (Å²) in [6.45, 7) is 2.78. The van der Waals surface area contributed by atoms with E-state index in [2.05, 4.69) is 10.2 Å². The van der Waals surface area contributed by atoms with Gasteiger partial charge in [-0.3, -0.25) is 9.59 Å². The topological polar surface area (TPSA) is 98.7 Å². The molecule has 2 aromatic rings. The Morgan fingerprint density at radius 1 is 1.48 bits per heavy atom. The lowest BCUT2D eigenvalue weighted by Gasteiger charge is -2.30. The maximum Gasteiger partial charge on any atom is 0.320 e. The van der Waals surface area contributed by atoms with Crippen molar-refractivity contribution in [1.29, 1.82) is 0 Å². The molecule has 3 heterocycles. The molecule has 0 unspecified atom stereocenters. The van der Waals surface area contributed by atoms with Crippen molar-refractivity contribution in [2.45, 2.75) is 17.4 Å². The number of furan rings is 1. The third-order valence-corrected chi connectivity index (χ3v) is 5.66. The van der Waals surface area contributed by atoms with Gasteiger partial charge in [-0.05, 0) is 13.0 Å². The fraction of sp³-hybridized carbons (Fsp3) is 0.467. The van der Waals surface area contributed by atoms with Crippen LogP contribution in [0.2, 0.25) is 0 Å². The molecular formula is C15H17N3O5S2. The minimum absolute atomic E-state index is 0.0709. The van der Waals surface area contributed by atoms with Gasteiger partial charge in [0.1, 0.15) is 11.0 Å². The monoisotopic (exact) mass is 383 g/mol. The van der Waals surface area contributed by atoms with Gasteiger partial charge in [0, 0.05) is 18.8 Å². The number of esters is 1. The molecule has 0 radical (unpaired) electrons. The summed E-state index contributed by atoms with van der Waals surface area (Å²) in [5.41, 5.74) is 0.736. The van der Waals surface area contributed by atoms with E-state index in [9.17, 15) is 9.59 Å². The molecule has 0 spiro atoms. The molecule has 0 bridgehead atoms. The molecule has 10 heteroatoms. The predicted octanol–water partition coefficient (Wildman–Crippen LogP) is 1.85. The summed E-state index contributed by atoms with van der Waals surface area (Å²) in [4.78, 5) is 25.7. The van der Waals surface area contributed by atoms with E-state index in [1.165, 1.54) is 30.6 Å². The first-order chi connectivity index (χ1) is 12.1. The van der Waals surface area contributed by atoms with Gasteiger partial charge in [0.05, 0.1) is 24.7 Å². The maximum atomic E-state index is 12.4. The van der Waals surface area contributed by atoms with E-state index in [0.29, 0.717) is 35.7 Å². The molecule has 1 atom stereocenters. The molecule has 2 aromatic heterocycles. The van der Waals surface area contributed by atoms with Gasteiger partial charge in [-0.15, -0.1) is 22.0 Å². The second-order valence-corrected chi connectivity index (χ2v) is 7.51. The Hall–Kier alpha value is -1.94. The Bertz CT molecular complexity index is 760. The van der Waals surface area contributed by atoms with Crippen LogP contribution >= 0.6 is 23.5 Å². The number of amides is 1. The SMILES string of the molecule is COC(=O)[C@@H]1CN(C(=O)CSc2nnc(-c3ccoc3C)o2)CCS1. The average molecular weight is 383 g/mol. The van der Waals surface area contributed by atoms with Crippen LogP contribution in [0.1, 0.15) is 5.76 Å². The highest BCUT2D eigenvalue weighted by atomic mass is 32.2. The highest BCUT2D eigenvalue weighted by molar-refractivity contribution is 8.00. The Labute approximate surface area is 152 Å². The van der Waals surface area contributed by atoms with Gasteiger partial charge >= 0.3 is 5.97 Å². The molecule has 1 amide bonds. The zero-order valence-electron chi connectivity index (χ0n) is 13.8. The van der Waals surface area contributed by atoms with Crippen molar-refractivity contribution >= 4 is 35.4 Å². The van der Waals surface area contributed by atoms with Gasteiger partial charge < -0.3 is 18.5 Å². The minimum Gasteiger partial charge on any atom is -0.469 e. The molecular weight excluding hydrogens is 366 g/mol. The summed E-state index contributed by atoms with van der Waals surface area (Å²) in [7, 11) is 1.36. The molecule has 8 nitrogen and oxygen atoms in total. The van der Waals surface area contributed by atoms with Gasteiger partial charge in [-0.25, -0.2) is 0 Å². The van der Waals surface area contributed by atoms with Crippen LogP contribution in [0, 0.1) is 6.92 Å². The fourth-order valence-electron chi connectivity index (χ4n) is 2.35. The van der Waals surface area contributed by atoms with Crippen LogP contribution in [0.3, 0.4) is 0 Å². The summed E-state index contributed by atoms with van der Waals surface area (Å²) in [6.07, 6.45) is 1.55. The summed E-state index contributed by atoms with van der Waals surface area (Å²) in [5, 5.41) is 7.90. The molecule has 1 aliphatic heterocycles. The highest BCUT2D eigenvalue weighted by Gasteiger charge is 2.29. The van der Waals surface area contributed by atoms with Crippen molar-refractivity contribution in [3.63, 3.8) is 0 Å². The predicted molar refractivity (Wildman–Crippen MR) is 92.3 cm³/mol. The smallest absolute Gasteiger partial charge is 0.320 e. The van der Waals surface area contributed by atoms with Crippen molar-refractivity contribution < 1.29 is 23.2 Å². The number of carbonyl (C=O) groups excluding carboxylic acids is 2. The van der Waals surface area contributed by atoms with Gasteiger partial charge in [0.2, 0.25) is 5.91 Å². The second-order valence-electron chi connectivity index (χ2n) is 5.27. The first-order valence-electron chi connectivity index (χ1n) is 7.56. The highest BCUT2D eigenvalue weighted by Crippen LogP contribution is 2.27. The number of aromatic nitrogens is 2. The Kier molecular flexibility index (Phi) is 5.69. The lowest BCUT2D eigenvalue weighted by Crippen LogP contribution is -2.45. The molecule has 1 saturated heterocycles. The number of aryl methyl sites for hydroxylation is 1. The van der Waals surface area contributed by atoms with Crippen molar-refractivity contribution in [3.05, 3.63) is 18.1 Å². The fourth-order valence-corrected chi connectivity index (χ4v) is 4.14. The summed E-state index contributed by atoms with van der Waals surface area (Å²) in [5.74, 6) is 1.56. The van der Waals surface area contributed by atoms with Crippen LogP contribution in [0.15, 0.2) is 26.4 Å². The molecule has 0 aliphatic carbocycles. The number of hydrogen-bond acceptors (Lipinski definition) is 9. The largest absolute Gasteiger partial charge is 0.469 e. The van der Waals surface area contributed by atoms with Crippen molar-refractivity contribution in [2.75, 3.05) is 31.7 Å². The van der Waals surface area contributed by atoms with Crippen LogP contribution in [0.25, 0.3) is 11.5 Å². The molecule has 1 aliphatic rings. The van der Waals surface area contributed by atoms with Crippen LogP contribution < -0.4 is 0 Å².